The summed E-state index contributed by atoms with van der Waals surface area (Å²) in [6.07, 6.45) is 3.13. The molecule has 0 N–H and O–H groups in total. The van der Waals surface area contributed by atoms with Crippen LogP contribution in [-0.2, 0) is 11.5 Å². The molecule has 0 aliphatic rings. The number of carbonyl (C=O) groups excluding carboxylic acids is 1. The second-order valence-electron chi connectivity index (χ2n) is 6.62. The van der Waals surface area contributed by atoms with Gasteiger partial charge in [0.2, 0.25) is 5.78 Å². The van der Waals surface area contributed by atoms with Gasteiger partial charge < -0.3 is 9.30 Å². The summed E-state index contributed by atoms with van der Waals surface area (Å²) in [6.45, 7) is 7.63. The number of imidazole rings is 1. The molecule has 1 heterocycles. The van der Waals surface area contributed by atoms with Gasteiger partial charge in [-0.3, -0.25) is 4.79 Å². The third kappa shape index (κ3) is 4.75. The quantitative estimate of drug-likeness (QED) is 0.268. The van der Waals surface area contributed by atoms with Crippen molar-refractivity contribution in [2.45, 2.75) is 32.4 Å². The fourth-order valence-electron chi connectivity index (χ4n) is 1.99. The van der Waals surface area contributed by atoms with Gasteiger partial charge in [0.1, 0.15) is 6.73 Å². The molecule has 2 aromatic rings. The number of aromatic nitrogens is 2. The van der Waals surface area contributed by atoms with Gasteiger partial charge in [-0.25, -0.2) is 9.37 Å². The van der Waals surface area contributed by atoms with Crippen LogP contribution in [-0.4, -0.2) is 30.0 Å². The van der Waals surface area contributed by atoms with Crippen molar-refractivity contribution in [1.82, 2.24) is 9.55 Å². The zero-order valence-electron chi connectivity index (χ0n) is 13.8. The molecule has 2 rings (SSSR count). The molecule has 130 valence electrons. The fraction of sp³-hybridized carbons (Fsp3) is 0.375. The van der Waals surface area contributed by atoms with Gasteiger partial charge in [-0.05, 0) is 34.1 Å². The van der Waals surface area contributed by atoms with Crippen LogP contribution in [0, 0.1) is 5.82 Å². The summed E-state index contributed by atoms with van der Waals surface area (Å²) in [7, 11) is -1.17. The average molecular weight is 434 g/mol. The first-order valence-corrected chi connectivity index (χ1v) is 12.4. The molecule has 0 radical (unpaired) electrons. The Bertz CT molecular complexity index is 746. The molecule has 0 aliphatic heterocycles. The van der Waals surface area contributed by atoms with Crippen LogP contribution in [0.25, 0.3) is 0 Å². The molecule has 0 amide bonds. The Balaban J connectivity index is 2.12. The Labute approximate surface area is 155 Å². The second-order valence-corrected chi connectivity index (χ2v) is 13.5. The van der Waals surface area contributed by atoms with Crippen molar-refractivity contribution in [3.63, 3.8) is 0 Å². The van der Waals surface area contributed by atoms with Gasteiger partial charge in [0.25, 0.3) is 0 Å². The first kappa shape index (κ1) is 19.3. The Morgan fingerprint density at radius 2 is 2.12 bits per heavy atom. The topological polar surface area (TPSA) is 44.1 Å². The normalized spacial score (nSPS) is 11.8. The van der Waals surface area contributed by atoms with Gasteiger partial charge in [0, 0.05) is 31.5 Å². The lowest BCUT2D eigenvalue weighted by Crippen LogP contribution is -2.22. The van der Waals surface area contributed by atoms with E-state index in [1.807, 2.05) is 0 Å². The summed E-state index contributed by atoms with van der Waals surface area (Å²) in [5.74, 6) is -1.16. The molecule has 0 fully saturated rings. The van der Waals surface area contributed by atoms with E-state index in [1.165, 1.54) is 18.3 Å². The highest BCUT2D eigenvalue weighted by molar-refractivity contribution is 9.10. The predicted molar refractivity (Wildman–Crippen MR) is 98.9 cm³/mol. The van der Waals surface area contributed by atoms with Crippen LogP contribution in [0.3, 0.4) is 0 Å². The zero-order valence-corrected chi connectivity index (χ0v) is 17.1. The second kappa shape index (κ2) is 7.90. The molecule has 0 saturated heterocycles. The van der Waals surface area contributed by atoms with E-state index in [4.69, 9.17) is 16.3 Å². The third-order valence-electron chi connectivity index (χ3n) is 3.43. The van der Waals surface area contributed by atoms with Crippen molar-refractivity contribution < 1.29 is 13.9 Å². The van der Waals surface area contributed by atoms with Crippen molar-refractivity contribution in [3.8, 4) is 0 Å². The molecule has 8 heteroatoms. The number of ether oxygens (including phenoxy) is 1. The molecule has 0 spiro atoms. The van der Waals surface area contributed by atoms with E-state index < -0.39 is 19.7 Å². The number of rotatable bonds is 7. The van der Waals surface area contributed by atoms with Gasteiger partial charge in [-0.1, -0.05) is 31.2 Å². The number of nitrogens with zero attached hydrogens (tertiary/aromatic N) is 2. The largest absolute Gasteiger partial charge is 0.361 e. The Morgan fingerprint density at radius 3 is 2.79 bits per heavy atom. The maximum absolute atomic E-state index is 14.2. The average Bonchev–Trinajstić information content (AvgIpc) is 2.96. The number of carbonyl (C=O) groups is 1. The molecule has 0 atom stereocenters. The van der Waals surface area contributed by atoms with E-state index in [2.05, 4.69) is 40.6 Å². The van der Waals surface area contributed by atoms with E-state index in [0.29, 0.717) is 11.1 Å². The first-order chi connectivity index (χ1) is 11.2. The van der Waals surface area contributed by atoms with Crippen LogP contribution in [0.5, 0.6) is 0 Å². The van der Waals surface area contributed by atoms with E-state index in [-0.39, 0.29) is 23.1 Å². The lowest BCUT2D eigenvalue weighted by Gasteiger charge is -2.16. The zero-order chi connectivity index (χ0) is 17.9. The van der Waals surface area contributed by atoms with Crippen molar-refractivity contribution in [2.75, 3.05) is 6.61 Å². The number of halogens is 3. The van der Waals surface area contributed by atoms with Crippen LogP contribution in [0.1, 0.15) is 16.2 Å². The fourth-order valence-corrected chi connectivity index (χ4v) is 3.21. The first-order valence-electron chi connectivity index (χ1n) is 7.48. The van der Waals surface area contributed by atoms with Gasteiger partial charge in [-0.2, -0.15) is 0 Å². The summed E-state index contributed by atoms with van der Waals surface area (Å²) in [4.78, 5) is 16.6. The number of benzene rings is 1. The van der Waals surface area contributed by atoms with Crippen LogP contribution < -0.4 is 0 Å². The molecule has 24 heavy (non-hydrogen) atoms. The van der Waals surface area contributed by atoms with E-state index >= 15 is 0 Å². The van der Waals surface area contributed by atoms with Crippen LogP contribution in [0.15, 0.2) is 29.0 Å². The van der Waals surface area contributed by atoms with E-state index in [0.717, 1.165) is 6.04 Å². The third-order valence-corrected chi connectivity index (χ3v) is 6.39. The molecule has 0 saturated carbocycles. The highest BCUT2D eigenvalue weighted by Gasteiger charge is 2.22. The molecule has 0 bridgehead atoms. The molecule has 1 aromatic carbocycles. The van der Waals surface area contributed by atoms with Crippen LogP contribution in [0.2, 0.25) is 30.7 Å². The SMILES string of the molecule is C[Si](C)(C)CCOCn1ccnc1C(=O)c1ccc(Br)c(Cl)c1F. The predicted octanol–water partition coefficient (Wildman–Crippen LogP) is 4.98. The molecule has 0 aliphatic carbocycles. The molecular weight excluding hydrogens is 415 g/mol. The monoisotopic (exact) mass is 432 g/mol. The Hall–Kier alpha value is -1.02. The highest BCUT2D eigenvalue weighted by Crippen LogP contribution is 2.28. The maximum Gasteiger partial charge on any atom is 0.231 e. The van der Waals surface area contributed by atoms with Crippen molar-refractivity contribution >= 4 is 41.4 Å². The highest BCUT2D eigenvalue weighted by atomic mass is 79.9. The summed E-state index contributed by atoms with van der Waals surface area (Å²) >= 11 is 8.98. The lowest BCUT2D eigenvalue weighted by molar-refractivity contribution is 0.0811. The number of hydrogen-bond donors (Lipinski definition) is 0. The van der Waals surface area contributed by atoms with Crippen molar-refractivity contribution in [2.24, 2.45) is 0 Å². The van der Waals surface area contributed by atoms with Gasteiger partial charge in [-0.15, -0.1) is 0 Å². The van der Waals surface area contributed by atoms with Crippen LogP contribution >= 0.6 is 27.5 Å². The van der Waals surface area contributed by atoms with E-state index in [1.54, 1.807) is 10.8 Å². The van der Waals surface area contributed by atoms with Gasteiger partial charge in [0.15, 0.2) is 11.6 Å². The molecule has 4 nitrogen and oxygen atoms in total. The summed E-state index contributed by atoms with van der Waals surface area (Å²) in [6, 6.07) is 3.96. The summed E-state index contributed by atoms with van der Waals surface area (Å²) in [5.41, 5.74) is -0.113. The minimum Gasteiger partial charge on any atom is -0.361 e. The van der Waals surface area contributed by atoms with Crippen LogP contribution in [0.4, 0.5) is 4.39 Å². The van der Waals surface area contributed by atoms with E-state index in [9.17, 15) is 9.18 Å². The summed E-state index contributed by atoms with van der Waals surface area (Å²) in [5, 5.41) is -0.120. The minimum atomic E-state index is -1.17. The van der Waals surface area contributed by atoms with Crippen molar-refractivity contribution in [1.29, 1.82) is 0 Å². The maximum atomic E-state index is 14.2. The van der Waals surface area contributed by atoms with Gasteiger partial charge in [0.05, 0.1) is 10.6 Å². The standard InChI is InChI=1S/C16H19BrClFN2O2Si/c1-24(2,3)9-8-23-10-21-7-6-20-16(21)15(22)11-4-5-12(17)13(18)14(11)19/h4-7H,8-10H2,1-3H3. The number of ketones is 1. The van der Waals surface area contributed by atoms with Gasteiger partial charge >= 0.3 is 0 Å². The number of hydrogen-bond acceptors (Lipinski definition) is 3. The molecular formula is C16H19BrClFN2O2Si. The smallest absolute Gasteiger partial charge is 0.231 e. The lowest BCUT2D eigenvalue weighted by atomic mass is 10.1. The molecule has 1 aromatic heterocycles. The molecule has 0 unspecified atom stereocenters. The van der Waals surface area contributed by atoms with Crippen molar-refractivity contribution in [3.05, 3.63) is 51.2 Å². The summed E-state index contributed by atoms with van der Waals surface area (Å²) < 4.78 is 21.8. The Kier molecular flexibility index (Phi) is 6.36. The Morgan fingerprint density at radius 1 is 1.42 bits per heavy atom. The minimum absolute atomic E-state index is 0.113.